The molecule has 2 atom stereocenters. The van der Waals surface area contributed by atoms with Gasteiger partial charge in [-0.25, -0.2) is 0 Å². The summed E-state index contributed by atoms with van der Waals surface area (Å²) in [5, 5.41) is 10.1. The van der Waals surface area contributed by atoms with E-state index in [2.05, 4.69) is 13.8 Å². The predicted molar refractivity (Wildman–Crippen MR) is 71.9 cm³/mol. The van der Waals surface area contributed by atoms with Crippen molar-refractivity contribution in [1.29, 1.82) is 0 Å². The van der Waals surface area contributed by atoms with E-state index in [1.165, 1.54) is 0 Å². The molecule has 0 aliphatic heterocycles. The summed E-state index contributed by atoms with van der Waals surface area (Å²) in [6.07, 6.45) is 0.0626. The van der Waals surface area contributed by atoms with Crippen molar-refractivity contribution >= 4 is 0 Å². The number of aliphatic hydroxyl groups is 1. The molecule has 0 fully saturated rings. The van der Waals surface area contributed by atoms with Crippen LogP contribution in [0, 0.1) is 5.92 Å². The molecular weight excluding hydrogens is 230 g/mol. The number of aliphatic hydroxyl groups excluding tert-OH is 1. The quantitative estimate of drug-likeness (QED) is 0.815. The molecule has 3 N–H and O–H groups in total. The summed E-state index contributed by atoms with van der Waals surface area (Å²) < 4.78 is 10.4. The maximum Gasteiger partial charge on any atom is 0.123 e. The van der Waals surface area contributed by atoms with Gasteiger partial charge in [0.2, 0.25) is 0 Å². The molecular formula is C14H23NO3. The molecule has 1 aromatic carbocycles. The van der Waals surface area contributed by atoms with Gasteiger partial charge in [-0.05, 0) is 30.5 Å². The molecule has 0 bridgehead atoms. The summed E-state index contributed by atoms with van der Waals surface area (Å²) in [4.78, 5) is 0. The fourth-order valence-corrected chi connectivity index (χ4v) is 1.94. The summed E-state index contributed by atoms with van der Waals surface area (Å²) >= 11 is 0. The van der Waals surface area contributed by atoms with E-state index in [0.29, 0.717) is 23.8 Å². The molecule has 0 unspecified atom stereocenters. The second-order valence-corrected chi connectivity index (χ2v) is 4.83. The molecule has 1 aromatic rings. The van der Waals surface area contributed by atoms with E-state index in [1.54, 1.807) is 20.3 Å². The van der Waals surface area contributed by atoms with Crippen LogP contribution in [0.1, 0.15) is 31.9 Å². The molecule has 0 aliphatic carbocycles. The van der Waals surface area contributed by atoms with E-state index in [-0.39, 0.29) is 0 Å². The van der Waals surface area contributed by atoms with Gasteiger partial charge in [-0.3, -0.25) is 0 Å². The van der Waals surface area contributed by atoms with Crippen LogP contribution in [-0.2, 0) is 0 Å². The summed E-state index contributed by atoms with van der Waals surface area (Å²) in [5.74, 6) is 1.77. The molecule has 18 heavy (non-hydrogen) atoms. The van der Waals surface area contributed by atoms with Crippen LogP contribution in [-0.4, -0.2) is 25.4 Å². The highest BCUT2D eigenvalue weighted by atomic mass is 16.5. The second-order valence-electron chi connectivity index (χ2n) is 4.83. The first-order chi connectivity index (χ1) is 8.49. The van der Waals surface area contributed by atoms with Crippen LogP contribution in [0.2, 0.25) is 0 Å². The van der Waals surface area contributed by atoms with E-state index >= 15 is 0 Å². The standard InChI is InChI=1S/C14H23NO3/c1-9(2)7-12(16)14(15)11-8-10(17-3)5-6-13(11)18-4/h5-6,8-9,12,14,16H,7,15H2,1-4H3/t12-,14+/m0/s1. The van der Waals surface area contributed by atoms with Crippen LogP contribution >= 0.6 is 0 Å². The van der Waals surface area contributed by atoms with Crippen molar-refractivity contribution in [2.75, 3.05) is 14.2 Å². The first-order valence-electron chi connectivity index (χ1n) is 6.15. The highest BCUT2D eigenvalue weighted by Gasteiger charge is 2.21. The van der Waals surface area contributed by atoms with Gasteiger partial charge < -0.3 is 20.3 Å². The van der Waals surface area contributed by atoms with Gasteiger partial charge in [-0.2, -0.15) is 0 Å². The second kappa shape index (κ2) is 6.61. The Morgan fingerprint density at radius 2 is 1.89 bits per heavy atom. The fraction of sp³-hybridized carbons (Fsp3) is 0.571. The largest absolute Gasteiger partial charge is 0.497 e. The van der Waals surface area contributed by atoms with Crippen molar-refractivity contribution in [2.45, 2.75) is 32.4 Å². The predicted octanol–water partition coefficient (Wildman–Crippen LogP) is 2.11. The Labute approximate surface area is 109 Å². The van der Waals surface area contributed by atoms with Crippen molar-refractivity contribution in [2.24, 2.45) is 11.7 Å². The van der Waals surface area contributed by atoms with Crippen LogP contribution < -0.4 is 15.2 Å². The average molecular weight is 253 g/mol. The van der Waals surface area contributed by atoms with E-state index in [4.69, 9.17) is 15.2 Å². The molecule has 0 saturated carbocycles. The Kier molecular flexibility index (Phi) is 5.44. The molecule has 1 rings (SSSR count). The van der Waals surface area contributed by atoms with E-state index in [9.17, 15) is 5.11 Å². The first kappa shape index (κ1) is 14.8. The molecule has 0 aromatic heterocycles. The minimum Gasteiger partial charge on any atom is -0.497 e. The topological polar surface area (TPSA) is 64.7 Å². The lowest BCUT2D eigenvalue weighted by Gasteiger charge is -2.23. The smallest absolute Gasteiger partial charge is 0.123 e. The van der Waals surface area contributed by atoms with Gasteiger partial charge in [0.1, 0.15) is 11.5 Å². The number of methoxy groups -OCH3 is 2. The van der Waals surface area contributed by atoms with E-state index in [1.807, 2.05) is 12.1 Å². The van der Waals surface area contributed by atoms with Gasteiger partial charge in [0.25, 0.3) is 0 Å². The van der Waals surface area contributed by atoms with Crippen molar-refractivity contribution in [3.63, 3.8) is 0 Å². The third-order valence-corrected chi connectivity index (χ3v) is 2.92. The lowest BCUT2D eigenvalue weighted by Crippen LogP contribution is -2.27. The minimum atomic E-state index is -0.592. The normalized spacial score (nSPS) is 14.4. The lowest BCUT2D eigenvalue weighted by molar-refractivity contribution is 0.120. The van der Waals surface area contributed by atoms with E-state index in [0.717, 1.165) is 5.56 Å². The van der Waals surface area contributed by atoms with Crippen LogP contribution in [0.15, 0.2) is 18.2 Å². The monoisotopic (exact) mass is 253 g/mol. The van der Waals surface area contributed by atoms with Crippen molar-refractivity contribution in [3.05, 3.63) is 23.8 Å². The molecule has 0 aliphatic rings. The van der Waals surface area contributed by atoms with Gasteiger partial charge in [0, 0.05) is 5.56 Å². The molecule has 0 spiro atoms. The summed E-state index contributed by atoms with van der Waals surface area (Å²) in [7, 11) is 3.19. The third kappa shape index (κ3) is 3.62. The van der Waals surface area contributed by atoms with Crippen LogP contribution in [0.5, 0.6) is 11.5 Å². The first-order valence-corrected chi connectivity index (χ1v) is 6.15. The maximum absolute atomic E-state index is 10.1. The van der Waals surface area contributed by atoms with E-state index < -0.39 is 12.1 Å². The number of hydrogen-bond donors (Lipinski definition) is 2. The molecule has 4 heteroatoms. The molecule has 0 heterocycles. The molecule has 4 nitrogen and oxygen atoms in total. The summed E-state index contributed by atoms with van der Waals surface area (Å²) in [5.41, 5.74) is 6.87. The van der Waals surface area contributed by atoms with Crippen molar-refractivity contribution in [1.82, 2.24) is 0 Å². The average Bonchev–Trinajstić information content (AvgIpc) is 2.36. The number of benzene rings is 1. The van der Waals surface area contributed by atoms with Gasteiger partial charge in [-0.1, -0.05) is 13.8 Å². The highest BCUT2D eigenvalue weighted by molar-refractivity contribution is 5.42. The number of ether oxygens (including phenoxy) is 2. The number of rotatable bonds is 6. The Bertz CT molecular complexity index is 379. The van der Waals surface area contributed by atoms with Crippen LogP contribution in [0.4, 0.5) is 0 Å². The van der Waals surface area contributed by atoms with Gasteiger partial charge >= 0.3 is 0 Å². The van der Waals surface area contributed by atoms with Gasteiger partial charge in [0.05, 0.1) is 26.4 Å². The molecule has 0 saturated heterocycles. The Morgan fingerprint density at radius 1 is 1.22 bits per heavy atom. The number of hydrogen-bond acceptors (Lipinski definition) is 4. The van der Waals surface area contributed by atoms with Gasteiger partial charge in [0.15, 0.2) is 0 Å². The molecule has 102 valence electrons. The summed E-state index contributed by atoms with van der Waals surface area (Å²) in [6.45, 7) is 4.11. The SMILES string of the molecule is COc1ccc(OC)c([C@@H](N)[C@@H](O)CC(C)C)c1. The molecule has 0 radical (unpaired) electrons. The number of nitrogens with two attached hydrogens (primary N) is 1. The van der Waals surface area contributed by atoms with Crippen molar-refractivity contribution < 1.29 is 14.6 Å². The maximum atomic E-state index is 10.1. The Hall–Kier alpha value is -1.26. The fourth-order valence-electron chi connectivity index (χ4n) is 1.94. The zero-order valence-corrected chi connectivity index (χ0v) is 11.5. The summed E-state index contributed by atoms with van der Waals surface area (Å²) in [6, 6.07) is 4.95. The Balaban J connectivity index is 2.98. The zero-order chi connectivity index (χ0) is 13.7. The highest BCUT2D eigenvalue weighted by Crippen LogP contribution is 2.31. The minimum absolute atomic E-state index is 0.391. The van der Waals surface area contributed by atoms with Crippen molar-refractivity contribution in [3.8, 4) is 11.5 Å². The molecule has 0 amide bonds. The Morgan fingerprint density at radius 3 is 2.39 bits per heavy atom. The zero-order valence-electron chi connectivity index (χ0n) is 11.5. The van der Waals surface area contributed by atoms with Gasteiger partial charge in [-0.15, -0.1) is 0 Å². The van der Waals surface area contributed by atoms with Crippen LogP contribution in [0.3, 0.4) is 0 Å². The third-order valence-electron chi connectivity index (χ3n) is 2.92. The lowest BCUT2D eigenvalue weighted by atomic mass is 9.94. The van der Waals surface area contributed by atoms with Crippen LogP contribution in [0.25, 0.3) is 0 Å².